The monoisotopic (exact) mass is 188 g/mol. The van der Waals surface area contributed by atoms with Gasteiger partial charge in [-0.2, -0.15) is 0 Å². The van der Waals surface area contributed by atoms with E-state index in [1.54, 1.807) is 0 Å². The number of carbonyl (C=O) groups excluding carboxylic acids is 1. The molecule has 0 saturated carbocycles. The van der Waals surface area contributed by atoms with Crippen LogP contribution in [0.1, 0.15) is 27.2 Å². The van der Waals surface area contributed by atoms with Gasteiger partial charge in [-0.05, 0) is 20.3 Å². The highest BCUT2D eigenvalue weighted by molar-refractivity contribution is 5.77. The number of nitrogens with two attached hydrogens (primary N) is 1. The summed E-state index contributed by atoms with van der Waals surface area (Å²) in [6.07, 6.45) is 0.886. The van der Waals surface area contributed by atoms with Crippen LogP contribution in [0.2, 0.25) is 0 Å². The number of rotatable bonds is 6. The third-order valence-corrected chi connectivity index (χ3v) is 1.91. The summed E-state index contributed by atoms with van der Waals surface area (Å²) >= 11 is 0. The summed E-state index contributed by atoms with van der Waals surface area (Å²) in [5.74, 6) is -0.105. The topological polar surface area (TPSA) is 64.3 Å². The van der Waals surface area contributed by atoms with Gasteiger partial charge in [0.1, 0.15) is 6.61 Å². The quantitative estimate of drug-likeness (QED) is 0.628. The second-order valence-electron chi connectivity index (χ2n) is 3.54. The van der Waals surface area contributed by atoms with Crippen molar-refractivity contribution in [2.24, 2.45) is 5.73 Å². The molecule has 0 atom stereocenters. The zero-order valence-electron chi connectivity index (χ0n) is 8.72. The Balaban J connectivity index is 3.57. The summed E-state index contributed by atoms with van der Waals surface area (Å²) in [6.45, 7) is 7.03. The minimum absolute atomic E-state index is 0.105. The van der Waals surface area contributed by atoms with E-state index in [0.29, 0.717) is 13.1 Å². The van der Waals surface area contributed by atoms with E-state index < -0.39 is 0 Å². The Morgan fingerprint density at radius 3 is 2.62 bits per heavy atom. The van der Waals surface area contributed by atoms with E-state index in [4.69, 9.17) is 10.5 Å². The van der Waals surface area contributed by atoms with Crippen molar-refractivity contribution in [3.05, 3.63) is 0 Å². The Hall–Kier alpha value is -0.610. The maximum absolute atomic E-state index is 11.1. The summed E-state index contributed by atoms with van der Waals surface area (Å²) < 4.78 is 5.38. The maximum Gasteiger partial charge on any atom is 0.246 e. The number of amides is 1. The van der Waals surface area contributed by atoms with Crippen molar-refractivity contribution in [1.82, 2.24) is 5.32 Å². The number of hydrogen-bond donors (Lipinski definition) is 2. The van der Waals surface area contributed by atoms with Gasteiger partial charge >= 0.3 is 0 Å². The molecule has 4 nitrogen and oxygen atoms in total. The maximum atomic E-state index is 11.1. The van der Waals surface area contributed by atoms with Gasteiger partial charge < -0.3 is 15.8 Å². The van der Waals surface area contributed by atoms with Gasteiger partial charge in [0.25, 0.3) is 0 Å². The van der Waals surface area contributed by atoms with Crippen LogP contribution in [-0.4, -0.2) is 31.2 Å². The van der Waals surface area contributed by atoms with Gasteiger partial charge in [-0.15, -0.1) is 0 Å². The van der Waals surface area contributed by atoms with Gasteiger partial charge in [-0.3, -0.25) is 4.79 Å². The van der Waals surface area contributed by atoms with Crippen LogP contribution < -0.4 is 11.1 Å². The summed E-state index contributed by atoms with van der Waals surface area (Å²) in [5.41, 5.74) is 5.01. The number of carbonyl (C=O) groups is 1. The molecule has 0 aromatic carbocycles. The summed E-state index contributed by atoms with van der Waals surface area (Å²) in [4.78, 5) is 11.1. The first kappa shape index (κ1) is 12.4. The molecule has 0 aromatic heterocycles. The highest BCUT2D eigenvalue weighted by atomic mass is 16.5. The fourth-order valence-corrected chi connectivity index (χ4v) is 0.626. The van der Waals surface area contributed by atoms with E-state index in [2.05, 4.69) is 5.32 Å². The third-order valence-electron chi connectivity index (χ3n) is 1.91. The molecule has 0 aliphatic rings. The van der Waals surface area contributed by atoms with Gasteiger partial charge in [0.2, 0.25) is 5.91 Å². The lowest BCUT2D eigenvalue weighted by Crippen LogP contribution is -2.35. The van der Waals surface area contributed by atoms with Crippen molar-refractivity contribution < 1.29 is 9.53 Å². The number of hydrogen-bond acceptors (Lipinski definition) is 3. The second-order valence-corrected chi connectivity index (χ2v) is 3.54. The van der Waals surface area contributed by atoms with Crippen LogP contribution in [0.3, 0.4) is 0 Å². The predicted molar refractivity (Wildman–Crippen MR) is 52.4 cm³/mol. The molecule has 0 spiro atoms. The van der Waals surface area contributed by atoms with Crippen molar-refractivity contribution in [1.29, 1.82) is 0 Å². The second kappa shape index (κ2) is 5.94. The molecule has 13 heavy (non-hydrogen) atoms. The Morgan fingerprint density at radius 2 is 2.15 bits per heavy atom. The van der Waals surface area contributed by atoms with Gasteiger partial charge in [-0.25, -0.2) is 0 Å². The Morgan fingerprint density at radius 1 is 1.54 bits per heavy atom. The largest absolute Gasteiger partial charge is 0.366 e. The molecule has 0 aromatic rings. The predicted octanol–water partition coefficient (Wildman–Crippen LogP) is 0.267. The van der Waals surface area contributed by atoms with Gasteiger partial charge in [-0.1, -0.05) is 6.92 Å². The van der Waals surface area contributed by atoms with Crippen LogP contribution in [0, 0.1) is 0 Å². The van der Waals surface area contributed by atoms with E-state index >= 15 is 0 Å². The van der Waals surface area contributed by atoms with Crippen LogP contribution >= 0.6 is 0 Å². The van der Waals surface area contributed by atoms with Crippen molar-refractivity contribution in [3.8, 4) is 0 Å². The molecular formula is C9H20N2O2. The average molecular weight is 188 g/mol. The normalized spacial score (nSPS) is 11.4. The molecule has 3 N–H and O–H groups in total. The van der Waals surface area contributed by atoms with E-state index in [0.717, 1.165) is 6.42 Å². The Kier molecular flexibility index (Phi) is 5.66. The fourth-order valence-electron chi connectivity index (χ4n) is 0.626. The highest BCUT2D eigenvalue weighted by Gasteiger charge is 2.16. The zero-order chi connectivity index (χ0) is 10.3. The minimum Gasteiger partial charge on any atom is -0.366 e. The smallest absolute Gasteiger partial charge is 0.246 e. The SMILES string of the molecule is CCC(C)(C)OCC(=O)NCCN. The van der Waals surface area contributed by atoms with E-state index in [9.17, 15) is 4.79 Å². The molecule has 0 rings (SSSR count). The molecule has 0 fully saturated rings. The van der Waals surface area contributed by atoms with Crippen LogP contribution in [0.15, 0.2) is 0 Å². The van der Waals surface area contributed by atoms with E-state index in [1.165, 1.54) is 0 Å². The molecule has 0 unspecified atom stereocenters. The molecule has 78 valence electrons. The standard InChI is InChI=1S/C9H20N2O2/c1-4-9(2,3)13-7-8(12)11-6-5-10/h4-7,10H2,1-3H3,(H,11,12). The minimum atomic E-state index is -0.222. The highest BCUT2D eigenvalue weighted by Crippen LogP contribution is 2.12. The summed E-state index contributed by atoms with van der Waals surface area (Å²) in [7, 11) is 0. The van der Waals surface area contributed by atoms with Crippen LogP contribution in [0.5, 0.6) is 0 Å². The van der Waals surface area contributed by atoms with Crippen LogP contribution in [0.4, 0.5) is 0 Å². The van der Waals surface area contributed by atoms with Crippen LogP contribution in [0.25, 0.3) is 0 Å². The zero-order valence-corrected chi connectivity index (χ0v) is 8.72. The molecule has 0 aliphatic carbocycles. The van der Waals surface area contributed by atoms with Crippen LogP contribution in [-0.2, 0) is 9.53 Å². The fraction of sp³-hybridized carbons (Fsp3) is 0.889. The van der Waals surface area contributed by atoms with Gasteiger partial charge in [0.05, 0.1) is 5.60 Å². The van der Waals surface area contributed by atoms with Crippen molar-refractivity contribution in [2.45, 2.75) is 32.8 Å². The molecule has 0 radical (unpaired) electrons. The molecule has 0 saturated heterocycles. The lowest BCUT2D eigenvalue weighted by Gasteiger charge is -2.22. The number of nitrogens with one attached hydrogen (secondary N) is 1. The van der Waals surface area contributed by atoms with Crippen molar-refractivity contribution in [2.75, 3.05) is 19.7 Å². The molecule has 1 amide bonds. The first-order valence-corrected chi connectivity index (χ1v) is 4.62. The first-order valence-electron chi connectivity index (χ1n) is 4.62. The third kappa shape index (κ3) is 6.54. The molecular weight excluding hydrogens is 168 g/mol. The van der Waals surface area contributed by atoms with Gasteiger partial charge in [0.15, 0.2) is 0 Å². The number of ether oxygens (including phenoxy) is 1. The van der Waals surface area contributed by atoms with Gasteiger partial charge in [0, 0.05) is 13.1 Å². The molecule has 0 bridgehead atoms. The summed E-state index contributed by atoms with van der Waals surface area (Å²) in [6, 6.07) is 0. The first-order chi connectivity index (χ1) is 6.02. The lowest BCUT2D eigenvalue weighted by molar-refractivity contribution is -0.131. The van der Waals surface area contributed by atoms with E-state index in [1.807, 2.05) is 20.8 Å². The molecule has 0 heterocycles. The van der Waals surface area contributed by atoms with Crippen molar-refractivity contribution >= 4 is 5.91 Å². The van der Waals surface area contributed by atoms with E-state index in [-0.39, 0.29) is 18.1 Å². The molecule has 4 heteroatoms. The average Bonchev–Trinajstić information content (AvgIpc) is 2.11. The summed E-state index contributed by atoms with van der Waals surface area (Å²) in [5, 5.41) is 2.64. The molecule has 0 aliphatic heterocycles. The van der Waals surface area contributed by atoms with Crippen molar-refractivity contribution in [3.63, 3.8) is 0 Å². The lowest BCUT2D eigenvalue weighted by atomic mass is 10.1. The Bertz CT molecular complexity index is 158. The Labute approximate surface area is 79.8 Å².